The Morgan fingerprint density at radius 2 is 2.10 bits per heavy atom. The summed E-state index contributed by atoms with van der Waals surface area (Å²) in [4.78, 5) is 18.2. The number of pyridine rings is 1. The van der Waals surface area contributed by atoms with Gasteiger partial charge in [-0.25, -0.2) is 4.98 Å². The number of carbonyl (C=O) groups is 1. The molecule has 1 aromatic carbocycles. The molecule has 0 aliphatic carbocycles. The number of carbonyl (C=O) groups excluding carboxylic acids is 1. The van der Waals surface area contributed by atoms with Gasteiger partial charge in [-0.1, -0.05) is 12.1 Å². The highest BCUT2D eigenvalue weighted by Crippen LogP contribution is 2.22. The third-order valence-electron chi connectivity index (χ3n) is 3.24. The summed E-state index contributed by atoms with van der Waals surface area (Å²) >= 11 is 3.30. The summed E-state index contributed by atoms with van der Waals surface area (Å²) in [5.74, 6) is -0.118. The number of rotatable bonds is 3. The van der Waals surface area contributed by atoms with Crippen molar-refractivity contribution in [3.63, 3.8) is 0 Å². The van der Waals surface area contributed by atoms with E-state index in [0.717, 1.165) is 10.0 Å². The first-order chi connectivity index (χ1) is 9.49. The number of nitrogens with two attached hydrogens (primary N) is 1. The maximum atomic E-state index is 12.4. The standard InChI is InChI=1S/C15H16BrN3O/c1-10(11-4-3-5-13(17)8-11)19(2)15(20)14-7-6-12(16)9-18-14/h3-10H,17H2,1-2H3. The van der Waals surface area contributed by atoms with Crippen LogP contribution in [0.15, 0.2) is 47.1 Å². The van der Waals surface area contributed by atoms with E-state index in [4.69, 9.17) is 5.73 Å². The number of aromatic nitrogens is 1. The molecule has 4 nitrogen and oxygen atoms in total. The summed E-state index contributed by atoms with van der Waals surface area (Å²) in [5.41, 5.74) is 7.89. The predicted octanol–water partition coefficient (Wildman–Crippen LogP) is 3.26. The normalized spacial score (nSPS) is 11.9. The molecule has 0 saturated heterocycles. The van der Waals surface area contributed by atoms with Crippen molar-refractivity contribution in [2.75, 3.05) is 12.8 Å². The third-order valence-corrected chi connectivity index (χ3v) is 3.71. The molecule has 0 spiro atoms. The molecule has 104 valence electrons. The first-order valence-electron chi connectivity index (χ1n) is 6.23. The summed E-state index contributed by atoms with van der Waals surface area (Å²) in [5, 5.41) is 0. The maximum absolute atomic E-state index is 12.4. The minimum absolute atomic E-state index is 0.0727. The van der Waals surface area contributed by atoms with Crippen LogP contribution >= 0.6 is 15.9 Å². The minimum atomic E-state index is -0.118. The van der Waals surface area contributed by atoms with E-state index in [-0.39, 0.29) is 11.9 Å². The van der Waals surface area contributed by atoms with Gasteiger partial charge in [0.25, 0.3) is 5.91 Å². The highest BCUT2D eigenvalue weighted by Gasteiger charge is 2.19. The number of amides is 1. The number of benzene rings is 1. The zero-order valence-corrected chi connectivity index (χ0v) is 13.0. The van der Waals surface area contributed by atoms with Gasteiger partial charge in [-0.05, 0) is 52.7 Å². The Kier molecular flexibility index (Phi) is 4.39. The van der Waals surface area contributed by atoms with Crippen LogP contribution < -0.4 is 5.73 Å². The molecule has 0 bridgehead atoms. The van der Waals surface area contributed by atoms with Crippen molar-refractivity contribution in [3.8, 4) is 0 Å². The second-order valence-electron chi connectivity index (χ2n) is 4.62. The Hall–Kier alpha value is -1.88. The lowest BCUT2D eigenvalue weighted by atomic mass is 10.1. The Balaban J connectivity index is 2.20. The smallest absolute Gasteiger partial charge is 0.272 e. The van der Waals surface area contributed by atoms with Crippen molar-refractivity contribution < 1.29 is 4.79 Å². The highest BCUT2D eigenvalue weighted by atomic mass is 79.9. The number of nitrogen functional groups attached to an aromatic ring is 1. The minimum Gasteiger partial charge on any atom is -0.399 e. The van der Waals surface area contributed by atoms with Crippen LogP contribution in [-0.4, -0.2) is 22.8 Å². The second kappa shape index (κ2) is 6.05. The fourth-order valence-electron chi connectivity index (χ4n) is 1.90. The van der Waals surface area contributed by atoms with Crippen molar-refractivity contribution in [2.24, 2.45) is 0 Å². The molecular weight excluding hydrogens is 318 g/mol. The number of nitrogens with zero attached hydrogens (tertiary/aromatic N) is 2. The zero-order valence-electron chi connectivity index (χ0n) is 11.4. The second-order valence-corrected chi connectivity index (χ2v) is 5.54. The molecule has 0 aliphatic rings. The van der Waals surface area contributed by atoms with Crippen molar-refractivity contribution in [2.45, 2.75) is 13.0 Å². The first-order valence-corrected chi connectivity index (χ1v) is 7.02. The van der Waals surface area contributed by atoms with Crippen molar-refractivity contribution in [1.29, 1.82) is 0 Å². The molecule has 1 aromatic heterocycles. The summed E-state index contributed by atoms with van der Waals surface area (Å²) < 4.78 is 0.848. The molecule has 1 unspecified atom stereocenters. The molecule has 2 rings (SSSR count). The van der Waals surface area contributed by atoms with E-state index in [0.29, 0.717) is 11.4 Å². The summed E-state index contributed by atoms with van der Waals surface area (Å²) in [6.07, 6.45) is 1.62. The van der Waals surface area contributed by atoms with Gasteiger partial charge in [-0.3, -0.25) is 4.79 Å². The summed E-state index contributed by atoms with van der Waals surface area (Å²) in [7, 11) is 1.76. The molecule has 0 aliphatic heterocycles. The quantitative estimate of drug-likeness (QED) is 0.877. The maximum Gasteiger partial charge on any atom is 0.272 e. The lowest BCUT2D eigenvalue weighted by Gasteiger charge is -2.25. The molecule has 1 amide bonds. The van der Waals surface area contributed by atoms with E-state index in [1.807, 2.05) is 31.2 Å². The van der Waals surface area contributed by atoms with Gasteiger partial charge in [0.2, 0.25) is 0 Å². The van der Waals surface area contributed by atoms with Crippen molar-refractivity contribution in [3.05, 3.63) is 58.3 Å². The van der Waals surface area contributed by atoms with Gasteiger partial charge in [-0.2, -0.15) is 0 Å². The lowest BCUT2D eigenvalue weighted by molar-refractivity contribution is 0.0736. The largest absolute Gasteiger partial charge is 0.399 e. The molecule has 2 N–H and O–H groups in total. The van der Waals surface area contributed by atoms with Gasteiger partial charge in [0.1, 0.15) is 5.69 Å². The van der Waals surface area contributed by atoms with Gasteiger partial charge in [-0.15, -0.1) is 0 Å². The van der Waals surface area contributed by atoms with Crippen LogP contribution in [0.4, 0.5) is 5.69 Å². The van der Waals surface area contributed by atoms with E-state index >= 15 is 0 Å². The van der Waals surface area contributed by atoms with Crippen LogP contribution in [0.25, 0.3) is 0 Å². The lowest BCUT2D eigenvalue weighted by Crippen LogP contribution is -2.30. The fourth-order valence-corrected chi connectivity index (χ4v) is 2.14. The average molecular weight is 334 g/mol. The Labute approximate surface area is 126 Å². The molecule has 1 heterocycles. The topological polar surface area (TPSA) is 59.2 Å². The van der Waals surface area contributed by atoms with Crippen LogP contribution in [0.5, 0.6) is 0 Å². The Morgan fingerprint density at radius 3 is 2.70 bits per heavy atom. The molecule has 2 aromatic rings. The highest BCUT2D eigenvalue weighted by molar-refractivity contribution is 9.10. The third kappa shape index (κ3) is 3.17. The molecule has 5 heteroatoms. The van der Waals surface area contributed by atoms with E-state index in [1.165, 1.54) is 0 Å². The molecule has 0 saturated carbocycles. The van der Waals surface area contributed by atoms with Gasteiger partial charge in [0.15, 0.2) is 0 Å². The van der Waals surface area contributed by atoms with Crippen molar-refractivity contribution >= 4 is 27.5 Å². The predicted molar refractivity (Wildman–Crippen MR) is 83.3 cm³/mol. The molecule has 1 atom stereocenters. The molecule has 0 fully saturated rings. The van der Waals surface area contributed by atoms with Crippen LogP contribution in [0.3, 0.4) is 0 Å². The van der Waals surface area contributed by atoms with Crippen molar-refractivity contribution in [1.82, 2.24) is 9.88 Å². The van der Waals surface area contributed by atoms with E-state index < -0.39 is 0 Å². The first kappa shape index (κ1) is 14.5. The van der Waals surface area contributed by atoms with Gasteiger partial charge >= 0.3 is 0 Å². The molecule has 0 radical (unpaired) electrons. The van der Waals surface area contributed by atoms with Crippen LogP contribution in [-0.2, 0) is 0 Å². The fraction of sp³-hybridized carbons (Fsp3) is 0.200. The van der Waals surface area contributed by atoms with Gasteiger partial charge in [0, 0.05) is 23.4 Å². The monoisotopic (exact) mass is 333 g/mol. The number of anilines is 1. The summed E-state index contributed by atoms with van der Waals surface area (Å²) in [6.45, 7) is 1.96. The van der Waals surface area contributed by atoms with Crippen LogP contribution in [0, 0.1) is 0 Å². The summed E-state index contributed by atoms with van der Waals surface area (Å²) in [6, 6.07) is 11.0. The van der Waals surface area contributed by atoms with Gasteiger partial charge < -0.3 is 10.6 Å². The Morgan fingerprint density at radius 1 is 1.35 bits per heavy atom. The van der Waals surface area contributed by atoms with E-state index in [9.17, 15) is 4.79 Å². The number of halogens is 1. The number of hydrogen-bond acceptors (Lipinski definition) is 3. The average Bonchev–Trinajstić information content (AvgIpc) is 2.46. The molecule has 20 heavy (non-hydrogen) atoms. The van der Waals surface area contributed by atoms with Crippen LogP contribution in [0.2, 0.25) is 0 Å². The molecular formula is C15H16BrN3O. The zero-order chi connectivity index (χ0) is 14.7. The van der Waals surface area contributed by atoms with Crippen LogP contribution in [0.1, 0.15) is 29.0 Å². The SMILES string of the molecule is CC(c1cccc(N)c1)N(C)C(=O)c1ccc(Br)cn1. The van der Waals surface area contributed by atoms with Gasteiger partial charge in [0.05, 0.1) is 6.04 Å². The van der Waals surface area contributed by atoms with E-state index in [1.54, 1.807) is 30.3 Å². The number of hydrogen-bond donors (Lipinski definition) is 1. The van der Waals surface area contributed by atoms with E-state index in [2.05, 4.69) is 20.9 Å². The Bertz CT molecular complexity index is 613.